The van der Waals surface area contributed by atoms with Crippen molar-refractivity contribution in [2.45, 2.75) is 225 Å². The Morgan fingerprint density at radius 3 is 1.22 bits per heavy atom. The minimum absolute atomic E-state index is 0.255. The molecule has 1 heterocycles. The van der Waals surface area contributed by atoms with Crippen LogP contribution in [0.15, 0.2) is 48.6 Å². The van der Waals surface area contributed by atoms with E-state index in [1.807, 2.05) is 0 Å². The molecule has 2 aliphatic rings. The van der Waals surface area contributed by atoms with Crippen LogP contribution in [0.2, 0.25) is 0 Å². The Labute approximate surface area is 288 Å². The second kappa shape index (κ2) is 28.9. The molecule has 2 rings (SSSR count). The van der Waals surface area contributed by atoms with Crippen LogP contribution < -0.4 is 0 Å². The fourth-order valence-corrected chi connectivity index (χ4v) is 7.30. The molecular weight excluding hydrogens is 560 g/mol. The van der Waals surface area contributed by atoms with Crippen molar-refractivity contribution in [3.05, 3.63) is 48.6 Å². The highest BCUT2D eigenvalue weighted by molar-refractivity contribution is 4.94. The number of hydrogen-bond donors (Lipinski definition) is 0. The molecule has 1 saturated carbocycles. The van der Waals surface area contributed by atoms with Crippen molar-refractivity contribution < 1.29 is 9.47 Å². The third-order valence-corrected chi connectivity index (χ3v) is 10.5. The summed E-state index contributed by atoms with van der Waals surface area (Å²) in [5, 5.41) is 0. The normalized spacial score (nSPS) is 23.8. The molecule has 1 aliphatic carbocycles. The van der Waals surface area contributed by atoms with Crippen molar-refractivity contribution in [1.29, 1.82) is 0 Å². The van der Waals surface area contributed by atoms with Crippen molar-refractivity contribution in [1.82, 2.24) is 0 Å². The zero-order chi connectivity index (χ0) is 32.8. The lowest BCUT2D eigenvalue weighted by molar-refractivity contribution is -0.200. The van der Waals surface area contributed by atoms with Gasteiger partial charge in [0.2, 0.25) is 0 Å². The number of ether oxygens (including phenoxy) is 2. The van der Waals surface area contributed by atoms with Crippen LogP contribution in [0.25, 0.3) is 0 Å². The Morgan fingerprint density at radius 2 is 0.826 bits per heavy atom. The monoisotopic (exact) mass is 639 g/mol. The third-order valence-electron chi connectivity index (χ3n) is 10.5. The zero-order valence-electron chi connectivity index (χ0n) is 31.2. The van der Waals surface area contributed by atoms with Gasteiger partial charge in [-0.2, -0.15) is 0 Å². The molecular formula is C44H78O2. The van der Waals surface area contributed by atoms with Gasteiger partial charge in [0.1, 0.15) is 0 Å². The predicted octanol–water partition coefficient (Wildman–Crippen LogP) is 14.7. The van der Waals surface area contributed by atoms with Gasteiger partial charge in [0.25, 0.3) is 0 Å². The van der Waals surface area contributed by atoms with E-state index in [9.17, 15) is 0 Å². The summed E-state index contributed by atoms with van der Waals surface area (Å²) in [7, 11) is 0. The highest BCUT2D eigenvalue weighted by Gasteiger charge is 2.48. The van der Waals surface area contributed by atoms with E-state index in [-0.39, 0.29) is 5.79 Å². The summed E-state index contributed by atoms with van der Waals surface area (Å²) in [6, 6.07) is 0. The molecule has 2 fully saturated rings. The molecule has 0 bridgehead atoms. The maximum Gasteiger partial charge on any atom is 0.169 e. The van der Waals surface area contributed by atoms with Gasteiger partial charge in [0.05, 0.1) is 12.2 Å². The van der Waals surface area contributed by atoms with Gasteiger partial charge >= 0.3 is 0 Å². The van der Waals surface area contributed by atoms with Gasteiger partial charge in [-0.3, -0.25) is 0 Å². The SMILES string of the molecule is CCCCCC=CCC=CCCCCCCCC1OC2(CCC(CC)CC2)OC1CCCCCCCC=CCC=CCCCCC. The first-order valence-corrected chi connectivity index (χ1v) is 20.7. The maximum atomic E-state index is 6.84. The Balaban J connectivity index is 1.57. The molecule has 0 aromatic rings. The number of allylic oxidation sites excluding steroid dienone is 8. The van der Waals surface area contributed by atoms with Gasteiger partial charge < -0.3 is 9.47 Å². The summed E-state index contributed by atoms with van der Waals surface area (Å²) < 4.78 is 13.7. The summed E-state index contributed by atoms with van der Waals surface area (Å²) in [5.41, 5.74) is 0. The average Bonchev–Trinajstić information content (AvgIpc) is 3.41. The van der Waals surface area contributed by atoms with E-state index in [0.29, 0.717) is 12.2 Å². The fraction of sp³-hybridized carbons (Fsp3) is 0.818. The van der Waals surface area contributed by atoms with E-state index in [0.717, 1.165) is 31.6 Å². The van der Waals surface area contributed by atoms with Crippen LogP contribution in [0, 0.1) is 5.92 Å². The molecule has 1 aliphatic heterocycles. The molecule has 1 saturated heterocycles. The molecule has 2 unspecified atom stereocenters. The van der Waals surface area contributed by atoms with Gasteiger partial charge in [0.15, 0.2) is 5.79 Å². The van der Waals surface area contributed by atoms with Crippen LogP contribution in [-0.4, -0.2) is 18.0 Å². The van der Waals surface area contributed by atoms with Crippen molar-refractivity contribution in [3.63, 3.8) is 0 Å². The minimum Gasteiger partial charge on any atom is -0.344 e. The smallest absolute Gasteiger partial charge is 0.169 e. The van der Waals surface area contributed by atoms with E-state index >= 15 is 0 Å². The van der Waals surface area contributed by atoms with E-state index in [2.05, 4.69) is 69.4 Å². The van der Waals surface area contributed by atoms with Crippen LogP contribution in [-0.2, 0) is 9.47 Å². The zero-order valence-corrected chi connectivity index (χ0v) is 31.2. The lowest BCUT2D eigenvalue weighted by Gasteiger charge is -2.35. The Bertz CT molecular complexity index is 728. The van der Waals surface area contributed by atoms with Gasteiger partial charge in [0, 0.05) is 12.8 Å². The number of rotatable bonds is 29. The lowest BCUT2D eigenvalue weighted by atomic mass is 9.84. The first-order valence-electron chi connectivity index (χ1n) is 20.7. The number of unbranched alkanes of at least 4 members (excludes halogenated alkanes) is 16. The molecule has 0 amide bonds. The summed E-state index contributed by atoms with van der Waals surface area (Å²) in [5.74, 6) is 0.619. The van der Waals surface area contributed by atoms with E-state index in [4.69, 9.17) is 9.47 Å². The first kappa shape index (κ1) is 41.1. The van der Waals surface area contributed by atoms with Crippen LogP contribution in [0.4, 0.5) is 0 Å². The highest BCUT2D eigenvalue weighted by atomic mass is 16.8. The van der Waals surface area contributed by atoms with Gasteiger partial charge in [-0.1, -0.05) is 153 Å². The fourth-order valence-electron chi connectivity index (χ4n) is 7.30. The molecule has 0 N–H and O–H groups in total. The van der Waals surface area contributed by atoms with Crippen molar-refractivity contribution in [3.8, 4) is 0 Å². The lowest BCUT2D eigenvalue weighted by Crippen LogP contribution is -2.36. The van der Waals surface area contributed by atoms with Gasteiger partial charge in [-0.25, -0.2) is 0 Å². The van der Waals surface area contributed by atoms with Crippen LogP contribution >= 0.6 is 0 Å². The average molecular weight is 639 g/mol. The third kappa shape index (κ3) is 20.3. The predicted molar refractivity (Wildman–Crippen MR) is 203 cm³/mol. The van der Waals surface area contributed by atoms with Gasteiger partial charge in [-0.15, -0.1) is 0 Å². The largest absolute Gasteiger partial charge is 0.344 e. The summed E-state index contributed by atoms with van der Waals surface area (Å²) >= 11 is 0. The quantitative estimate of drug-likeness (QED) is 0.0599. The van der Waals surface area contributed by atoms with E-state index in [1.165, 1.54) is 161 Å². The standard InChI is InChI=1S/C44H78O2/c1-4-7-9-11-13-15-17-19-21-23-25-27-29-31-33-35-42-43(46-44(45-42)39-37-41(6-3)38-40-44)36-34-32-30-28-26-24-22-20-18-16-14-12-10-8-5-2/h13-16,19-22,41-43H,4-12,17-18,23-40H2,1-3H3. The Morgan fingerprint density at radius 1 is 0.457 bits per heavy atom. The second-order valence-electron chi connectivity index (χ2n) is 14.6. The maximum absolute atomic E-state index is 6.84. The molecule has 2 nitrogen and oxygen atoms in total. The van der Waals surface area contributed by atoms with E-state index < -0.39 is 0 Å². The molecule has 2 atom stereocenters. The van der Waals surface area contributed by atoms with Crippen molar-refractivity contribution in [2.75, 3.05) is 0 Å². The topological polar surface area (TPSA) is 18.5 Å². The number of hydrogen-bond acceptors (Lipinski definition) is 2. The van der Waals surface area contributed by atoms with Crippen LogP contribution in [0.3, 0.4) is 0 Å². The first-order chi connectivity index (χ1) is 22.7. The molecule has 2 heteroatoms. The molecule has 266 valence electrons. The summed E-state index contributed by atoms with van der Waals surface area (Å²) in [4.78, 5) is 0. The highest BCUT2D eigenvalue weighted by Crippen LogP contribution is 2.45. The molecule has 46 heavy (non-hydrogen) atoms. The van der Waals surface area contributed by atoms with Crippen molar-refractivity contribution >= 4 is 0 Å². The molecule has 0 aromatic heterocycles. The van der Waals surface area contributed by atoms with Gasteiger partial charge in [-0.05, 0) is 95.8 Å². The Hall–Kier alpha value is -1.12. The minimum atomic E-state index is -0.255. The summed E-state index contributed by atoms with van der Waals surface area (Å²) in [6.07, 6.45) is 56.6. The molecule has 0 radical (unpaired) electrons. The van der Waals surface area contributed by atoms with Crippen LogP contribution in [0.5, 0.6) is 0 Å². The van der Waals surface area contributed by atoms with Crippen LogP contribution in [0.1, 0.15) is 207 Å². The molecule has 0 aromatic carbocycles. The summed E-state index contributed by atoms with van der Waals surface area (Å²) in [6.45, 7) is 6.89. The van der Waals surface area contributed by atoms with Crippen molar-refractivity contribution in [2.24, 2.45) is 5.92 Å². The van der Waals surface area contributed by atoms with E-state index in [1.54, 1.807) is 0 Å². The second-order valence-corrected chi connectivity index (χ2v) is 14.6. The Kier molecular flexibility index (Phi) is 25.7. The molecule has 1 spiro atoms.